The zero-order valence-electron chi connectivity index (χ0n) is 9.07. The van der Waals surface area contributed by atoms with Gasteiger partial charge in [0.25, 0.3) is 0 Å². The Hall–Kier alpha value is -0.390. The van der Waals surface area contributed by atoms with E-state index in [1.807, 2.05) is 30.3 Å². The fourth-order valence-corrected chi connectivity index (χ4v) is 0.720. The monoisotopic (exact) mass is 293 g/mol. The number of rotatable bonds is 0. The molecule has 0 amide bonds. The minimum absolute atomic E-state index is 0.812. The minimum atomic E-state index is -3.34. The van der Waals surface area contributed by atoms with Crippen molar-refractivity contribution in [3.63, 3.8) is 0 Å². The number of sulfonamides is 1. The average molecular weight is 294 g/mol. The average Bonchev–Trinajstić information content (AvgIpc) is 2.02. The van der Waals surface area contributed by atoms with E-state index in [2.05, 4.69) is 15.9 Å². The summed E-state index contributed by atoms with van der Waals surface area (Å²) >= 11 is 3.31. The van der Waals surface area contributed by atoms with Gasteiger partial charge in [-0.3, -0.25) is 0 Å². The summed E-state index contributed by atoms with van der Waals surface area (Å²) < 4.78 is 21.2. The maximum Gasteiger partial charge on any atom is 0.214 e. The molecule has 86 valence electrons. The second kappa shape index (κ2) is 5.63. The first kappa shape index (κ1) is 14.6. The smallest absolute Gasteiger partial charge is 0.214 e. The molecule has 0 aromatic heterocycles. The fraction of sp³-hybridized carbons (Fsp3) is 0.400. The van der Waals surface area contributed by atoms with Gasteiger partial charge in [-0.2, -0.15) is 0 Å². The first-order valence-electron chi connectivity index (χ1n) is 4.37. The van der Waals surface area contributed by atoms with Crippen molar-refractivity contribution in [1.82, 2.24) is 0 Å². The Morgan fingerprint density at radius 3 is 1.60 bits per heavy atom. The first-order valence-corrected chi connectivity index (χ1v) is 6.71. The van der Waals surface area contributed by atoms with Crippen LogP contribution in [-0.2, 0) is 10.0 Å². The summed E-state index contributed by atoms with van der Waals surface area (Å²) in [5, 5.41) is 4.78. The molecule has 0 radical (unpaired) electrons. The van der Waals surface area contributed by atoms with Gasteiger partial charge in [-0.25, -0.2) is 13.6 Å². The van der Waals surface area contributed by atoms with Crippen molar-refractivity contribution in [3.8, 4) is 0 Å². The van der Waals surface area contributed by atoms with E-state index in [9.17, 15) is 8.42 Å². The lowest BCUT2D eigenvalue weighted by Gasteiger charge is -2.13. The Morgan fingerprint density at radius 2 is 1.47 bits per heavy atom. The van der Waals surface area contributed by atoms with Crippen LogP contribution in [0.5, 0.6) is 0 Å². The van der Waals surface area contributed by atoms with Gasteiger partial charge in [0.1, 0.15) is 0 Å². The minimum Gasteiger partial charge on any atom is -0.228 e. The van der Waals surface area contributed by atoms with Crippen molar-refractivity contribution in [3.05, 3.63) is 34.8 Å². The Balaban J connectivity index is 0.000000262. The van der Waals surface area contributed by atoms with Crippen LogP contribution in [0.2, 0.25) is 0 Å². The molecule has 2 N–H and O–H groups in total. The highest BCUT2D eigenvalue weighted by Crippen LogP contribution is 2.09. The number of halogens is 1. The molecule has 15 heavy (non-hydrogen) atoms. The molecular weight excluding hydrogens is 278 g/mol. The summed E-state index contributed by atoms with van der Waals surface area (Å²) in [7, 11) is -3.34. The molecule has 3 nitrogen and oxygen atoms in total. The van der Waals surface area contributed by atoms with Crippen molar-refractivity contribution in [2.75, 3.05) is 0 Å². The Kier molecular flexibility index (Phi) is 5.48. The van der Waals surface area contributed by atoms with Gasteiger partial charge in [-0.05, 0) is 32.9 Å². The van der Waals surface area contributed by atoms with Crippen LogP contribution < -0.4 is 5.14 Å². The van der Waals surface area contributed by atoms with Crippen molar-refractivity contribution in [2.24, 2.45) is 5.14 Å². The normalized spacial score (nSPS) is 11.5. The number of benzene rings is 1. The van der Waals surface area contributed by atoms with E-state index in [1.54, 1.807) is 20.8 Å². The molecule has 1 rings (SSSR count). The maximum atomic E-state index is 10.4. The van der Waals surface area contributed by atoms with Crippen LogP contribution in [0, 0.1) is 0 Å². The molecule has 1 aromatic carbocycles. The highest BCUT2D eigenvalue weighted by molar-refractivity contribution is 9.10. The van der Waals surface area contributed by atoms with Crippen LogP contribution in [0.4, 0.5) is 0 Å². The molecular formula is C10H16BrNO2S. The Bertz CT molecular complexity index is 382. The van der Waals surface area contributed by atoms with Crippen molar-refractivity contribution < 1.29 is 8.42 Å². The summed E-state index contributed by atoms with van der Waals surface area (Å²) in [5.74, 6) is 0. The summed E-state index contributed by atoms with van der Waals surface area (Å²) in [6.07, 6.45) is 0. The van der Waals surface area contributed by atoms with Crippen LogP contribution in [-0.4, -0.2) is 13.2 Å². The standard InChI is InChI=1S/C6H5Br.C4H11NO2S/c7-6-4-2-1-3-5-6;1-4(2,3)8(5,6)7/h1-5H;1-3H3,(H2,5,6,7). The van der Waals surface area contributed by atoms with Crippen LogP contribution in [0.25, 0.3) is 0 Å². The molecule has 0 unspecified atom stereocenters. The predicted molar refractivity (Wildman–Crippen MR) is 67.0 cm³/mol. The number of nitrogens with two attached hydrogens (primary N) is 1. The van der Waals surface area contributed by atoms with Crippen LogP contribution in [0.15, 0.2) is 34.8 Å². The predicted octanol–water partition coefficient (Wildman–Crippen LogP) is 2.52. The summed E-state index contributed by atoms with van der Waals surface area (Å²) in [6.45, 7) is 4.67. The first-order chi connectivity index (χ1) is 6.64. The molecule has 0 saturated carbocycles. The summed E-state index contributed by atoms with van der Waals surface area (Å²) in [5.41, 5.74) is 0. The highest BCUT2D eigenvalue weighted by atomic mass is 79.9. The third kappa shape index (κ3) is 6.65. The number of primary sulfonamides is 1. The van der Waals surface area contributed by atoms with E-state index in [4.69, 9.17) is 5.14 Å². The lowest BCUT2D eigenvalue weighted by Crippen LogP contribution is -2.34. The maximum absolute atomic E-state index is 10.4. The lowest BCUT2D eigenvalue weighted by atomic mass is 10.3. The van der Waals surface area contributed by atoms with E-state index in [1.165, 1.54) is 0 Å². The number of hydrogen-bond acceptors (Lipinski definition) is 2. The molecule has 0 saturated heterocycles. The molecule has 0 heterocycles. The zero-order valence-corrected chi connectivity index (χ0v) is 11.5. The zero-order chi connectivity index (χ0) is 12.1. The summed E-state index contributed by atoms with van der Waals surface area (Å²) in [6, 6.07) is 9.97. The fourth-order valence-electron chi connectivity index (χ4n) is 0.415. The van der Waals surface area contributed by atoms with E-state index >= 15 is 0 Å². The highest BCUT2D eigenvalue weighted by Gasteiger charge is 2.23. The molecule has 0 aliphatic carbocycles. The van der Waals surface area contributed by atoms with Crippen molar-refractivity contribution in [2.45, 2.75) is 25.5 Å². The quantitative estimate of drug-likeness (QED) is 0.799. The molecule has 0 spiro atoms. The molecule has 1 aromatic rings. The molecule has 0 aliphatic heterocycles. The Labute approximate surface area is 99.9 Å². The lowest BCUT2D eigenvalue weighted by molar-refractivity contribution is 0.562. The van der Waals surface area contributed by atoms with Gasteiger partial charge in [0, 0.05) is 4.47 Å². The molecule has 0 atom stereocenters. The van der Waals surface area contributed by atoms with Crippen LogP contribution in [0.3, 0.4) is 0 Å². The molecule has 0 aliphatic rings. The van der Waals surface area contributed by atoms with Crippen molar-refractivity contribution in [1.29, 1.82) is 0 Å². The van der Waals surface area contributed by atoms with Crippen LogP contribution >= 0.6 is 15.9 Å². The van der Waals surface area contributed by atoms with Gasteiger partial charge in [0.05, 0.1) is 4.75 Å². The van der Waals surface area contributed by atoms with Gasteiger partial charge in [-0.15, -0.1) is 0 Å². The van der Waals surface area contributed by atoms with E-state index < -0.39 is 14.8 Å². The van der Waals surface area contributed by atoms with Gasteiger partial charge in [0.2, 0.25) is 10.0 Å². The SMILES string of the molecule is Brc1ccccc1.CC(C)(C)S(N)(=O)=O. The van der Waals surface area contributed by atoms with E-state index in [-0.39, 0.29) is 0 Å². The third-order valence-electron chi connectivity index (χ3n) is 1.59. The third-order valence-corrected chi connectivity index (χ3v) is 3.82. The second-order valence-electron chi connectivity index (χ2n) is 3.95. The Morgan fingerprint density at radius 1 is 1.13 bits per heavy atom. The van der Waals surface area contributed by atoms with Gasteiger partial charge < -0.3 is 0 Å². The van der Waals surface area contributed by atoms with Gasteiger partial charge in [0.15, 0.2) is 0 Å². The topological polar surface area (TPSA) is 60.2 Å². The van der Waals surface area contributed by atoms with Gasteiger partial charge in [-0.1, -0.05) is 34.1 Å². The van der Waals surface area contributed by atoms with E-state index in [0.29, 0.717) is 0 Å². The molecule has 0 bridgehead atoms. The largest absolute Gasteiger partial charge is 0.228 e. The second-order valence-corrected chi connectivity index (χ2v) is 7.18. The number of hydrogen-bond donors (Lipinski definition) is 1. The molecule has 5 heteroatoms. The molecule has 0 fully saturated rings. The summed E-state index contributed by atoms with van der Waals surface area (Å²) in [4.78, 5) is 0. The van der Waals surface area contributed by atoms with Crippen LogP contribution in [0.1, 0.15) is 20.8 Å². The van der Waals surface area contributed by atoms with Crippen molar-refractivity contribution >= 4 is 26.0 Å². The van der Waals surface area contributed by atoms with E-state index in [0.717, 1.165) is 4.47 Å². The van der Waals surface area contributed by atoms with Gasteiger partial charge >= 0.3 is 0 Å².